The lowest BCUT2D eigenvalue weighted by Crippen LogP contribution is -2.10. The molecule has 0 spiro atoms. The van der Waals surface area contributed by atoms with Crippen molar-refractivity contribution in [2.24, 2.45) is 0 Å². The van der Waals surface area contributed by atoms with E-state index in [0.29, 0.717) is 11.6 Å². The summed E-state index contributed by atoms with van der Waals surface area (Å²) in [7, 11) is 0. The van der Waals surface area contributed by atoms with Gasteiger partial charge in [0.05, 0.1) is 11.2 Å². The van der Waals surface area contributed by atoms with Crippen LogP contribution in [0.4, 0.5) is 11.5 Å². The summed E-state index contributed by atoms with van der Waals surface area (Å²) >= 11 is 0. The molecule has 170 valence electrons. The zero-order chi connectivity index (χ0) is 23.6. The van der Waals surface area contributed by atoms with Crippen molar-refractivity contribution in [3.8, 4) is 0 Å². The summed E-state index contributed by atoms with van der Waals surface area (Å²) in [6, 6.07) is 14.6. The third kappa shape index (κ3) is 5.22. The Morgan fingerprint density at radius 3 is 2.58 bits per heavy atom. The molecule has 0 bridgehead atoms. The fourth-order valence-electron chi connectivity index (χ4n) is 3.88. The van der Waals surface area contributed by atoms with Crippen molar-refractivity contribution in [2.75, 3.05) is 10.6 Å². The number of aryl methyl sites for hydroxylation is 2. The number of rotatable bonds is 7. The minimum absolute atomic E-state index is 0.0996. The zero-order valence-electron chi connectivity index (χ0n) is 20.0. The first-order valence-corrected chi connectivity index (χ1v) is 11.2. The van der Waals surface area contributed by atoms with Gasteiger partial charge in [-0.2, -0.15) is 0 Å². The Kier molecular flexibility index (Phi) is 6.18. The van der Waals surface area contributed by atoms with Gasteiger partial charge in [-0.05, 0) is 48.2 Å². The van der Waals surface area contributed by atoms with E-state index in [1.165, 1.54) is 11.1 Å². The van der Waals surface area contributed by atoms with E-state index in [0.717, 1.165) is 46.4 Å². The van der Waals surface area contributed by atoms with Crippen LogP contribution in [0.25, 0.3) is 10.9 Å². The average molecular weight is 442 g/mol. The van der Waals surface area contributed by atoms with Crippen molar-refractivity contribution in [3.05, 3.63) is 89.3 Å². The molecule has 2 aromatic carbocycles. The van der Waals surface area contributed by atoms with E-state index in [4.69, 9.17) is 4.52 Å². The van der Waals surface area contributed by atoms with Gasteiger partial charge < -0.3 is 15.2 Å². The van der Waals surface area contributed by atoms with Gasteiger partial charge in [-0.3, -0.25) is 0 Å². The first kappa shape index (κ1) is 22.5. The van der Waals surface area contributed by atoms with Gasteiger partial charge in [-0.25, -0.2) is 9.97 Å². The smallest absolute Gasteiger partial charge is 0.175 e. The standard InChI is InChI=1S/C27H31N5O/c1-7-19-11-17(2)26-22(13-19)28-16-29-23(26)14-20-9-8-10-21(12-20)30-18(3)31-25-15-24(33-32-25)27(4,5)6/h8-13,15-16,30H,3,7,14H2,1-2,4-6H3,(H,31,32). The summed E-state index contributed by atoms with van der Waals surface area (Å²) in [5.41, 5.74) is 6.55. The third-order valence-electron chi connectivity index (χ3n) is 5.60. The minimum Gasteiger partial charge on any atom is -0.359 e. The molecule has 2 N–H and O–H groups in total. The fraction of sp³-hybridized carbons (Fsp3) is 0.296. The van der Waals surface area contributed by atoms with Crippen molar-refractivity contribution in [3.63, 3.8) is 0 Å². The van der Waals surface area contributed by atoms with Gasteiger partial charge >= 0.3 is 0 Å². The maximum Gasteiger partial charge on any atom is 0.175 e. The highest BCUT2D eigenvalue weighted by Gasteiger charge is 2.19. The van der Waals surface area contributed by atoms with Crippen LogP contribution in [-0.4, -0.2) is 15.1 Å². The van der Waals surface area contributed by atoms with Crippen LogP contribution in [-0.2, 0) is 18.3 Å². The second-order valence-corrected chi connectivity index (χ2v) is 9.41. The molecule has 33 heavy (non-hydrogen) atoms. The summed E-state index contributed by atoms with van der Waals surface area (Å²) in [5, 5.41) is 11.7. The topological polar surface area (TPSA) is 75.9 Å². The lowest BCUT2D eigenvalue weighted by Gasteiger charge is -2.13. The van der Waals surface area contributed by atoms with E-state index in [1.807, 2.05) is 18.2 Å². The number of nitrogens with zero attached hydrogens (tertiary/aromatic N) is 3. The molecule has 0 fully saturated rings. The van der Waals surface area contributed by atoms with Gasteiger partial charge in [0, 0.05) is 29.0 Å². The SMILES string of the molecule is C=C(Nc1cccc(Cc2ncnc3cc(CC)cc(C)c23)c1)Nc1cc(C(C)(C)C)on1. The van der Waals surface area contributed by atoms with Gasteiger partial charge in [-0.15, -0.1) is 0 Å². The molecule has 2 aromatic heterocycles. The van der Waals surface area contributed by atoms with Gasteiger partial charge in [-0.1, -0.05) is 57.6 Å². The van der Waals surface area contributed by atoms with Crippen LogP contribution >= 0.6 is 0 Å². The Bertz CT molecular complexity index is 1300. The normalized spacial score (nSPS) is 11.5. The Labute approximate surface area is 195 Å². The van der Waals surface area contributed by atoms with Crippen LogP contribution < -0.4 is 10.6 Å². The van der Waals surface area contributed by atoms with E-state index in [1.54, 1.807) is 6.33 Å². The number of hydrogen-bond acceptors (Lipinski definition) is 6. The number of anilines is 2. The molecule has 6 nitrogen and oxygen atoms in total. The molecule has 0 saturated heterocycles. The molecular weight excluding hydrogens is 410 g/mol. The molecule has 4 rings (SSSR count). The number of benzene rings is 2. The second kappa shape index (κ2) is 9.06. The minimum atomic E-state index is -0.0996. The predicted molar refractivity (Wildman–Crippen MR) is 134 cm³/mol. The number of aromatic nitrogens is 3. The first-order valence-electron chi connectivity index (χ1n) is 11.2. The predicted octanol–water partition coefficient (Wildman–Crippen LogP) is 6.37. The Hall–Kier alpha value is -3.67. The van der Waals surface area contributed by atoms with Gasteiger partial charge in [0.1, 0.15) is 17.9 Å². The highest BCUT2D eigenvalue weighted by Crippen LogP contribution is 2.26. The van der Waals surface area contributed by atoms with E-state index in [-0.39, 0.29) is 5.41 Å². The lowest BCUT2D eigenvalue weighted by atomic mass is 9.93. The maximum atomic E-state index is 5.43. The molecule has 0 radical (unpaired) electrons. The molecule has 2 heterocycles. The van der Waals surface area contributed by atoms with Crippen LogP contribution in [0.1, 0.15) is 55.8 Å². The van der Waals surface area contributed by atoms with Crippen LogP contribution in [0.15, 0.2) is 65.7 Å². The van der Waals surface area contributed by atoms with Crippen LogP contribution in [0.2, 0.25) is 0 Å². The zero-order valence-corrected chi connectivity index (χ0v) is 20.0. The molecule has 0 unspecified atom stereocenters. The fourth-order valence-corrected chi connectivity index (χ4v) is 3.88. The summed E-state index contributed by atoms with van der Waals surface area (Å²) in [6.45, 7) is 14.6. The number of fused-ring (bicyclic) bond motifs is 1. The number of hydrogen-bond donors (Lipinski definition) is 2. The molecular formula is C27H31N5O. The maximum absolute atomic E-state index is 5.43. The van der Waals surface area contributed by atoms with Gasteiger partial charge in [0.2, 0.25) is 0 Å². The van der Waals surface area contributed by atoms with E-state index in [2.05, 4.69) is 91.2 Å². The van der Waals surface area contributed by atoms with Crippen molar-refractivity contribution in [2.45, 2.75) is 52.9 Å². The third-order valence-corrected chi connectivity index (χ3v) is 5.60. The quantitative estimate of drug-likeness (QED) is 0.347. The molecule has 0 amide bonds. The largest absolute Gasteiger partial charge is 0.359 e. The summed E-state index contributed by atoms with van der Waals surface area (Å²) < 4.78 is 5.43. The second-order valence-electron chi connectivity index (χ2n) is 9.41. The average Bonchev–Trinajstić information content (AvgIpc) is 3.22. The van der Waals surface area contributed by atoms with Gasteiger partial charge in [0.15, 0.2) is 5.82 Å². The summed E-state index contributed by atoms with van der Waals surface area (Å²) in [5.74, 6) is 2.07. The van der Waals surface area contributed by atoms with E-state index >= 15 is 0 Å². The molecule has 0 saturated carbocycles. The molecule has 0 atom stereocenters. The summed E-state index contributed by atoms with van der Waals surface area (Å²) in [4.78, 5) is 9.12. The Morgan fingerprint density at radius 2 is 1.85 bits per heavy atom. The molecule has 0 aliphatic heterocycles. The first-order chi connectivity index (χ1) is 15.7. The Morgan fingerprint density at radius 1 is 1.03 bits per heavy atom. The van der Waals surface area contributed by atoms with Crippen LogP contribution in [0, 0.1) is 6.92 Å². The van der Waals surface area contributed by atoms with Crippen molar-refractivity contribution < 1.29 is 4.52 Å². The molecule has 0 aliphatic carbocycles. The van der Waals surface area contributed by atoms with Crippen LogP contribution in [0.3, 0.4) is 0 Å². The number of nitrogens with one attached hydrogen (secondary N) is 2. The molecule has 0 aliphatic rings. The van der Waals surface area contributed by atoms with Gasteiger partial charge in [0.25, 0.3) is 0 Å². The highest BCUT2D eigenvalue weighted by molar-refractivity contribution is 5.85. The van der Waals surface area contributed by atoms with Crippen molar-refractivity contribution >= 4 is 22.4 Å². The van der Waals surface area contributed by atoms with Crippen molar-refractivity contribution in [1.29, 1.82) is 0 Å². The van der Waals surface area contributed by atoms with E-state index < -0.39 is 0 Å². The van der Waals surface area contributed by atoms with Crippen LogP contribution in [0.5, 0.6) is 0 Å². The highest BCUT2D eigenvalue weighted by atomic mass is 16.5. The molecule has 4 aromatic rings. The summed E-state index contributed by atoms with van der Waals surface area (Å²) in [6.07, 6.45) is 3.38. The monoisotopic (exact) mass is 441 g/mol. The Balaban J connectivity index is 1.49. The van der Waals surface area contributed by atoms with Crippen molar-refractivity contribution in [1.82, 2.24) is 15.1 Å². The van der Waals surface area contributed by atoms with E-state index in [9.17, 15) is 0 Å². The molecule has 6 heteroatoms. The lowest BCUT2D eigenvalue weighted by molar-refractivity contribution is 0.331.